The number of imidazole rings is 1. The maximum atomic E-state index is 12.6. The number of fused-ring (bicyclic) bond motifs is 1. The van der Waals surface area contributed by atoms with Gasteiger partial charge in [0.2, 0.25) is 0 Å². The zero-order chi connectivity index (χ0) is 25.3. The van der Waals surface area contributed by atoms with E-state index in [0.29, 0.717) is 35.8 Å². The second-order valence-electron chi connectivity index (χ2n) is 8.81. The van der Waals surface area contributed by atoms with E-state index in [1.165, 1.54) is 0 Å². The Hall–Kier alpha value is -4.15. The molecule has 0 bridgehead atoms. The average molecular weight is 487 g/mol. The van der Waals surface area contributed by atoms with Crippen LogP contribution < -0.4 is 10.8 Å². The standard InChI is InChI=1S/C26H26N6O4/c1-16-22(32-15-18(5-8-21(32)29-16)23(33)27-13-14-36-2)20-9-12-28-25(30-20)26(10-11-26)19-6-3-17(4-7-19)24(34)31-35/h3-9,12,15,35H,10-11,13-14H2,1-2H3,(H,27,33)(H,31,34). The van der Waals surface area contributed by atoms with Gasteiger partial charge in [-0.3, -0.25) is 19.2 Å². The first kappa shape index (κ1) is 23.6. The number of nitrogens with zero attached hydrogens (tertiary/aromatic N) is 4. The summed E-state index contributed by atoms with van der Waals surface area (Å²) in [6.07, 6.45) is 5.29. The van der Waals surface area contributed by atoms with Crippen molar-refractivity contribution in [2.75, 3.05) is 20.3 Å². The fourth-order valence-corrected chi connectivity index (χ4v) is 4.47. The minimum absolute atomic E-state index is 0.190. The molecule has 1 aliphatic rings. The molecule has 1 aromatic carbocycles. The number of nitrogens with one attached hydrogen (secondary N) is 2. The molecule has 4 aromatic rings. The van der Waals surface area contributed by atoms with E-state index in [4.69, 9.17) is 14.9 Å². The van der Waals surface area contributed by atoms with Gasteiger partial charge in [-0.15, -0.1) is 0 Å². The van der Waals surface area contributed by atoms with E-state index in [9.17, 15) is 9.59 Å². The van der Waals surface area contributed by atoms with Crippen molar-refractivity contribution in [2.24, 2.45) is 0 Å². The van der Waals surface area contributed by atoms with Crippen molar-refractivity contribution in [2.45, 2.75) is 25.2 Å². The van der Waals surface area contributed by atoms with Gasteiger partial charge < -0.3 is 10.1 Å². The number of amides is 2. The molecular weight excluding hydrogens is 460 g/mol. The van der Waals surface area contributed by atoms with E-state index in [1.807, 2.05) is 35.6 Å². The molecule has 0 atom stereocenters. The Kier molecular flexibility index (Phi) is 6.21. The molecule has 0 radical (unpaired) electrons. The first-order valence-corrected chi connectivity index (χ1v) is 11.6. The molecule has 3 N–H and O–H groups in total. The number of hydrogen-bond donors (Lipinski definition) is 3. The zero-order valence-corrected chi connectivity index (χ0v) is 20.0. The van der Waals surface area contributed by atoms with E-state index in [1.54, 1.807) is 43.2 Å². The number of methoxy groups -OCH3 is 1. The largest absolute Gasteiger partial charge is 0.383 e. The number of pyridine rings is 1. The van der Waals surface area contributed by atoms with Crippen LogP contribution in [0.2, 0.25) is 0 Å². The third-order valence-corrected chi connectivity index (χ3v) is 6.52. The van der Waals surface area contributed by atoms with Gasteiger partial charge in [0.05, 0.1) is 34.7 Å². The SMILES string of the molecule is COCCNC(=O)c1ccc2nc(C)c(-c3ccnc(C4(c5ccc(C(=O)NO)cc5)CC4)n3)n2c1. The molecule has 1 saturated carbocycles. The molecule has 3 heterocycles. The van der Waals surface area contributed by atoms with Gasteiger partial charge in [-0.2, -0.15) is 0 Å². The Labute approximate surface area is 207 Å². The quantitative estimate of drug-likeness (QED) is 0.198. The van der Waals surface area contributed by atoms with Crippen LogP contribution in [0.1, 0.15) is 50.6 Å². The van der Waals surface area contributed by atoms with Gasteiger partial charge in [0, 0.05) is 31.6 Å². The van der Waals surface area contributed by atoms with Gasteiger partial charge in [0.25, 0.3) is 11.8 Å². The lowest BCUT2D eigenvalue weighted by molar-refractivity contribution is 0.0706. The monoisotopic (exact) mass is 486 g/mol. The van der Waals surface area contributed by atoms with Gasteiger partial charge >= 0.3 is 0 Å². The highest BCUT2D eigenvalue weighted by Gasteiger charge is 2.48. The highest BCUT2D eigenvalue weighted by Crippen LogP contribution is 2.52. The molecular formula is C26H26N6O4. The topological polar surface area (TPSA) is 131 Å². The van der Waals surface area contributed by atoms with Crippen molar-refractivity contribution < 1.29 is 19.5 Å². The fraction of sp³-hybridized carbons (Fsp3) is 0.269. The zero-order valence-electron chi connectivity index (χ0n) is 20.0. The summed E-state index contributed by atoms with van der Waals surface area (Å²) < 4.78 is 6.89. The van der Waals surface area contributed by atoms with E-state index in [0.717, 1.165) is 35.4 Å². The van der Waals surface area contributed by atoms with Crippen molar-refractivity contribution >= 4 is 17.5 Å². The number of ether oxygens (including phenoxy) is 1. The first-order chi connectivity index (χ1) is 17.5. The Morgan fingerprint density at radius 3 is 2.50 bits per heavy atom. The highest BCUT2D eigenvalue weighted by molar-refractivity contribution is 5.94. The first-order valence-electron chi connectivity index (χ1n) is 11.6. The molecule has 184 valence electrons. The molecule has 0 saturated heterocycles. The fourth-order valence-electron chi connectivity index (χ4n) is 4.47. The summed E-state index contributed by atoms with van der Waals surface area (Å²) in [7, 11) is 1.59. The van der Waals surface area contributed by atoms with Crippen molar-refractivity contribution in [3.8, 4) is 11.4 Å². The average Bonchev–Trinajstić information content (AvgIpc) is 3.65. The Morgan fingerprint density at radius 1 is 1.06 bits per heavy atom. The maximum Gasteiger partial charge on any atom is 0.274 e. The van der Waals surface area contributed by atoms with E-state index in [2.05, 4.69) is 15.3 Å². The summed E-state index contributed by atoms with van der Waals surface area (Å²) in [4.78, 5) is 38.5. The van der Waals surface area contributed by atoms with Crippen molar-refractivity contribution in [3.05, 3.63) is 83.1 Å². The number of carbonyl (C=O) groups excluding carboxylic acids is 2. The lowest BCUT2D eigenvalue weighted by atomic mass is 9.93. The van der Waals surface area contributed by atoms with Crippen LogP contribution in [0.15, 0.2) is 54.9 Å². The van der Waals surface area contributed by atoms with Crippen LogP contribution in [0.5, 0.6) is 0 Å². The van der Waals surface area contributed by atoms with Crippen LogP contribution in [-0.4, -0.2) is 56.6 Å². The normalized spacial score (nSPS) is 14.0. The minimum Gasteiger partial charge on any atom is -0.383 e. The lowest BCUT2D eigenvalue weighted by Gasteiger charge is -2.16. The molecule has 1 fully saturated rings. The molecule has 10 nitrogen and oxygen atoms in total. The number of hydrogen-bond acceptors (Lipinski definition) is 7. The Bertz CT molecular complexity index is 1440. The van der Waals surface area contributed by atoms with Gasteiger partial charge in [0.1, 0.15) is 11.5 Å². The van der Waals surface area contributed by atoms with Crippen LogP contribution in [0, 0.1) is 6.92 Å². The molecule has 3 aromatic heterocycles. The Morgan fingerprint density at radius 2 is 1.81 bits per heavy atom. The van der Waals surface area contributed by atoms with E-state index >= 15 is 0 Å². The number of benzene rings is 1. The van der Waals surface area contributed by atoms with Crippen LogP contribution in [-0.2, 0) is 10.2 Å². The molecule has 1 aliphatic carbocycles. The van der Waals surface area contributed by atoms with Gasteiger partial charge in [0.15, 0.2) is 0 Å². The molecule has 0 aliphatic heterocycles. The van der Waals surface area contributed by atoms with Crippen molar-refractivity contribution in [1.82, 2.24) is 30.1 Å². The summed E-state index contributed by atoms with van der Waals surface area (Å²) in [5.41, 5.74) is 6.24. The summed E-state index contributed by atoms with van der Waals surface area (Å²) >= 11 is 0. The maximum absolute atomic E-state index is 12.6. The molecule has 0 spiro atoms. The van der Waals surface area contributed by atoms with Gasteiger partial charge in [-0.1, -0.05) is 12.1 Å². The van der Waals surface area contributed by atoms with Crippen LogP contribution in [0.3, 0.4) is 0 Å². The van der Waals surface area contributed by atoms with Gasteiger partial charge in [-0.05, 0) is 55.7 Å². The second-order valence-corrected chi connectivity index (χ2v) is 8.81. The summed E-state index contributed by atoms with van der Waals surface area (Å²) in [6.45, 7) is 2.78. The van der Waals surface area contributed by atoms with Crippen LogP contribution >= 0.6 is 0 Å². The second kappa shape index (κ2) is 9.48. The third-order valence-electron chi connectivity index (χ3n) is 6.52. The third kappa shape index (κ3) is 4.21. The van der Waals surface area contributed by atoms with Gasteiger partial charge in [-0.25, -0.2) is 20.4 Å². The number of rotatable bonds is 8. The predicted octanol–water partition coefficient (Wildman–Crippen LogP) is 2.67. The lowest BCUT2D eigenvalue weighted by Crippen LogP contribution is -2.27. The van der Waals surface area contributed by atoms with Crippen molar-refractivity contribution in [1.29, 1.82) is 0 Å². The van der Waals surface area contributed by atoms with Crippen LogP contribution in [0.4, 0.5) is 0 Å². The highest BCUT2D eigenvalue weighted by atomic mass is 16.5. The predicted molar refractivity (Wildman–Crippen MR) is 131 cm³/mol. The molecule has 0 unspecified atom stereocenters. The van der Waals surface area contributed by atoms with Crippen LogP contribution in [0.25, 0.3) is 17.0 Å². The summed E-state index contributed by atoms with van der Waals surface area (Å²) in [6, 6.07) is 12.5. The molecule has 10 heteroatoms. The van der Waals surface area contributed by atoms with E-state index < -0.39 is 5.91 Å². The number of carbonyl (C=O) groups is 2. The smallest absolute Gasteiger partial charge is 0.274 e. The molecule has 2 amide bonds. The molecule has 5 rings (SSSR count). The number of hydroxylamine groups is 1. The number of aryl methyl sites for hydroxylation is 1. The van der Waals surface area contributed by atoms with E-state index in [-0.39, 0.29) is 11.3 Å². The minimum atomic E-state index is -0.556. The Balaban J connectivity index is 1.50. The summed E-state index contributed by atoms with van der Waals surface area (Å²) in [5.74, 6) is -0.0495. The summed E-state index contributed by atoms with van der Waals surface area (Å²) in [5, 5.41) is 11.7. The molecule has 36 heavy (non-hydrogen) atoms. The number of aromatic nitrogens is 4. The van der Waals surface area contributed by atoms with Crippen molar-refractivity contribution in [3.63, 3.8) is 0 Å².